The van der Waals surface area contributed by atoms with Gasteiger partial charge in [0.25, 0.3) is 0 Å². The van der Waals surface area contributed by atoms with Crippen LogP contribution in [0.2, 0.25) is 0 Å². The van der Waals surface area contributed by atoms with Gasteiger partial charge in [0, 0.05) is 12.7 Å². The van der Waals surface area contributed by atoms with Crippen LogP contribution in [0.15, 0.2) is 28.6 Å². The van der Waals surface area contributed by atoms with E-state index in [0.29, 0.717) is 0 Å². The van der Waals surface area contributed by atoms with Crippen molar-refractivity contribution >= 4 is 55.0 Å². The van der Waals surface area contributed by atoms with Crippen molar-refractivity contribution in [3.05, 3.63) is 24.3 Å². The molecule has 2 aromatic rings. The van der Waals surface area contributed by atoms with E-state index in [2.05, 4.69) is 10.3 Å². The number of benzene rings is 1. The first kappa shape index (κ1) is 15.1. The number of nitrogens with one attached hydrogen (secondary N) is 1. The molecule has 1 atom stereocenters. The van der Waals surface area contributed by atoms with Crippen LogP contribution in [-0.2, 0) is 9.59 Å². The van der Waals surface area contributed by atoms with Gasteiger partial charge in [-0.25, -0.2) is 9.78 Å². The molecule has 8 heteroatoms. The normalized spacial score (nSPS) is 12.2. The van der Waals surface area contributed by atoms with Gasteiger partial charge in [0.1, 0.15) is 6.04 Å². The molecule has 1 heterocycles. The first-order valence-electron chi connectivity index (χ1n) is 5.71. The average molecular weight is 328 g/mol. The molecule has 0 spiro atoms. The fourth-order valence-electron chi connectivity index (χ4n) is 1.46. The number of carboxylic acids is 1. The van der Waals surface area contributed by atoms with Crippen LogP contribution in [0.1, 0.15) is 6.92 Å². The van der Waals surface area contributed by atoms with Gasteiger partial charge in [-0.3, -0.25) is 4.79 Å². The molecule has 2 N–H and O–H groups in total. The summed E-state index contributed by atoms with van der Waals surface area (Å²) in [5.74, 6) is -1.09. The number of hydrogen-bond donors (Lipinski definition) is 2. The molecule has 1 amide bonds. The van der Waals surface area contributed by atoms with Gasteiger partial charge in [0.15, 0.2) is 4.34 Å². The lowest BCUT2D eigenvalue weighted by Crippen LogP contribution is -2.41. The van der Waals surface area contributed by atoms with Gasteiger partial charge in [-0.05, 0) is 22.9 Å². The fraction of sp³-hybridized carbons (Fsp3) is 0.250. The predicted octanol–water partition coefficient (Wildman–Crippen LogP) is 2.63. The first-order valence-corrected chi connectivity index (χ1v) is 8.85. The number of carbonyl (C=O) groups excluding carboxylic acids is 1. The van der Waals surface area contributed by atoms with E-state index in [1.807, 2.05) is 24.3 Å². The first-order chi connectivity index (χ1) is 9.56. The number of hydrogen-bond acceptors (Lipinski definition) is 6. The summed E-state index contributed by atoms with van der Waals surface area (Å²) in [6.45, 7) is 1.31. The molecule has 1 aromatic carbocycles. The lowest BCUT2D eigenvalue weighted by atomic mass is 10.3. The standard InChI is InChI=1S/C12H12N2O3S3/c1-7(15)13-9(11(16)17)6-18-20-12-14-8-4-2-3-5-10(8)19-12/h2-5,9H,6H2,1H3,(H,13,15)(H,16,17)/t9-/m0/s1. The quantitative estimate of drug-likeness (QED) is 0.794. The SMILES string of the molecule is CC(=O)N[C@@H](CSSc1nc2ccccc2s1)C(=O)O. The van der Waals surface area contributed by atoms with Gasteiger partial charge < -0.3 is 10.4 Å². The number of aliphatic carboxylic acids is 1. The maximum absolute atomic E-state index is 11.0. The van der Waals surface area contributed by atoms with Crippen molar-refractivity contribution < 1.29 is 14.7 Å². The molecule has 2 rings (SSSR count). The second-order valence-corrected chi connectivity index (χ2v) is 7.53. The molecule has 0 unspecified atom stereocenters. The largest absolute Gasteiger partial charge is 0.480 e. The van der Waals surface area contributed by atoms with E-state index >= 15 is 0 Å². The number of para-hydroxylation sites is 1. The Morgan fingerprint density at radius 3 is 2.85 bits per heavy atom. The highest BCUT2D eigenvalue weighted by Crippen LogP contribution is 2.36. The van der Waals surface area contributed by atoms with Gasteiger partial charge >= 0.3 is 5.97 Å². The average Bonchev–Trinajstić information content (AvgIpc) is 2.79. The van der Waals surface area contributed by atoms with Crippen LogP contribution in [0.5, 0.6) is 0 Å². The molecule has 0 fully saturated rings. The third kappa shape index (κ3) is 4.12. The summed E-state index contributed by atoms with van der Waals surface area (Å²) >= 11 is 1.57. The summed E-state index contributed by atoms with van der Waals surface area (Å²) in [6.07, 6.45) is 0. The fourth-order valence-corrected chi connectivity index (χ4v) is 4.99. The van der Waals surface area contributed by atoms with Gasteiger partial charge in [0.2, 0.25) is 5.91 Å². The molecule has 0 saturated heterocycles. The lowest BCUT2D eigenvalue weighted by Gasteiger charge is -2.11. The van der Waals surface area contributed by atoms with Crippen molar-refractivity contribution in [2.75, 3.05) is 5.75 Å². The highest BCUT2D eigenvalue weighted by molar-refractivity contribution is 8.77. The van der Waals surface area contributed by atoms with Crippen LogP contribution in [-0.4, -0.2) is 33.8 Å². The maximum atomic E-state index is 11.0. The third-order valence-corrected chi connectivity index (χ3v) is 6.02. The zero-order valence-electron chi connectivity index (χ0n) is 10.5. The molecule has 20 heavy (non-hydrogen) atoms. The molecule has 0 aliphatic heterocycles. The monoisotopic (exact) mass is 328 g/mol. The summed E-state index contributed by atoms with van der Waals surface area (Å²) < 4.78 is 1.98. The Kier molecular flexibility index (Phi) is 5.27. The van der Waals surface area contributed by atoms with Crippen molar-refractivity contribution in [1.29, 1.82) is 0 Å². The smallest absolute Gasteiger partial charge is 0.327 e. The molecule has 0 radical (unpaired) electrons. The molecule has 106 valence electrons. The van der Waals surface area contributed by atoms with Crippen molar-refractivity contribution in [3.8, 4) is 0 Å². The number of nitrogens with zero attached hydrogens (tertiary/aromatic N) is 1. The number of rotatable bonds is 6. The summed E-state index contributed by atoms with van der Waals surface area (Å²) in [4.78, 5) is 26.3. The Balaban J connectivity index is 1.91. The minimum Gasteiger partial charge on any atom is -0.480 e. The Morgan fingerprint density at radius 1 is 1.45 bits per heavy atom. The number of thiazole rings is 1. The van der Waals surface area contributed by atoms with Crippen LogP contribution >= 0.6 is 32.9 Å². The summed E-state index contributed by atoms with van der Waals surface area (Å²) in [7, 11) is 2.80. The zero-order chi connectivity index (χ0) is 14.5. The minimum absolute atomic E-state index is 0.287. The summed E-state index contributed by atoms with van der Waals surface area (Å²) in [5, 5.41) is 11.4. The Labute approximate surface area is 127 Å². The van der Waals surface area contributed by atoms with E-state index in [4.69, 9.17) is 5.11 Å². The molecular weight excluding hydrogens is 316 g/mol. The minimum atomic E-state index is -1.03. The molecule has 1 aromatic heterocycles. The molecule has 0 aliphatic rings. The van der Waals surface area contributed by atoms with E-state index in [9.17, 15) is 9.59 Å². The van der Waals surface area contributed by atoms with E-state index < -0.39 is 12.0 Å². The van der Waals surface area contributed by atoms with Crippen LogP contribution < -0.4 is 5.32 Å². The van der Waals surface area contributed by atoms with Crippen LogP contribution in [0, 0.1) is 0 Å². The highest BCUT2D eigenvalue weighted by atomic mass is 33.1. The Bertz CT molecular complexity index is 596. The van der Waals surface area contributed by atoms with E-state index in [0.717, 1.165) is 14.6 Å². The second kappa shape index (κ2) is 6.96. The van der Waals surface area contributed by atoms with Crippen LogP contribution in [0.3, 0.4) is 0 Å². The molecular formula is C12H12N2O3S3. The summed E-state index contributed by atoms with van der Waals surface area (Å²) in [6, 6.07) is 6.96. The van der Waals surface area contributed by atoms with E-state index in [-0.39, 0.29) is 11.7 Å². The third-order valence-electron chi connectivity index (χ3n) is 2.31. The topological polar surface area (TPSA) is 79.3 Å². The second-order valence-electron chi connectivity index (χ2n) is 3.91. The van der Waals surface area contributed by atoms with Crippen molar-refractivity contribution in [1.82, 2.24) is 10.3 Å². The lowest BCUT2D eigenvalue weighted by molar-refractivity contribution is -0.140. The van der Waals surface area contributed by atoms with Crippen molar-refractivity contribution in [2.45, 2.75) is 17.3 Å². The molecule has 0 bridgehead atoms. The molecule has 0 saturated carbocycles. The van der Waals surface area contributed by atoms with Gasteiger partial charge in [-0.15, -0.1) is 11.3 Å². The van der Waals surface area contributed by atoms with Crippen molar-refractivity contribution in [2.24, 2.45) is 0 Å². The van der Waals surface area contributed by atoms with Gasteiger partial charge in [0.05, 0.1) is 10.2 Å². The Morgan fingerprint density at radius 2 is 2.20 bits per heavy atom. The highest BCUT2D eigenvalue weighted by Gasteiger charge is 2.18. The Hall–Kier alpha value is -1.25. The molecule has 5 nitrogen and oxygen atoms in total. The van der Waals surface area contributed by atoms with E-state index in [1.54, 1.807) is 11.3 Å². The number of amides is 1. The maximum Gasteiger partial charge on any atom is 0.327 e. The number of aromatic nitrogens is 1. The van der Waals surface area contributed by atoms with E-state index in [1.165, 1.54) is 28.5 Å². The molecule has 0 aliphatic carbocycles. The predicted molar refractivity (Wildman–Crippen MR) is 83.2 cm³/mol. The zero-order valence-corrected chi connectivity index (χ0v) is 13.0. The number of carboxylic acid groups (broad SMARTS) is 1. The number of carbonyl (C=O) groups is 2. The summed E-state index contributed by atoms with van der Waals surface area (Å²) in [5.41, 5.74) is 0.942. The van der Waals surface area contributed by atoms with Crippen LogP contribution in [0.25, 0.3) is 10.2 Å². The number of fused-ring (bicyclic) bond motifs is 1. The van der Waals surface area contributed by atoms with Gasteiger partial charge in [-0.2, -0.15) is 0 Å². The van der Waals surface area contributed by atoms with Crippen molar-refractivity contribution in [3.63, 3.8) is 0 Å². The van der Waals surface area contributed by atoms with Gasteiger partial charge in [-0.1, -0.05) is 22.9 Å². The van der Waals surface area contributed by atoms with Crippen LogP contribution in [0.4, 0.5) is 0 Å².